The number of hydrogen-bond acceptors (Lipinski definition) is 5. The summed E-state index contributed by atoms with van der Waals surface area (Å²) in [4.78, 5) is 4.58. The van der Waals surface area contributed by atoms with E-state index in [-0.39, 0.29) is 0 Å². The molecule has 20 heavy (non-hydrogen) atoms. The molecule has 1 saturated carbocycles. The zero-order valence-corrected chi connectivity index (χ0v) is 12.5. The number of ether oxygens (including phenoxy) is 1. The molecule has 3 rings (SSSR count). The summed E-state index contributed by atoms with van der Waals surface area (Å²) in [6.45, 7) is 5.04. The predicted molar refractivity (Wildman–Crippen MR) is 75.0 cm³/mol. The normalized spacial score (nSPS) is 38.2. The van der Waals surface area contributed by atoms with Crippen LogP contribution < -0.4 is 5.73 Å². The molecule has 2 heterocycles. The van der Waals surface area contributed by atoms with E-state index in [0.717, 1.165) is 51.0 Å². The Kier molecular flexibility index (Phi) is 3.58. The summed E-state index contributed by atoms with van der Waals surface area (Å²) in [5.41, 5.74) is 5.70. The Morgan fingerprint density at radius 2 is 2.05 bits per heavy atom. The van der Waals surface area contributed by atoms with Gasteiger partial charge in [0.2, 0.25) is 0 Å². The molecule has 5 nitrogen and oxygen atoms in total. The highest BCUT2D eigenvalue weighted by molar-refractivity contribution is 5.09. The average Bonchev–Trinajstić information content (AvgIpc) is 3.09. The van der Waals surface area contributed by atoms with Crippen molar-refractivity contribution in [2.24, 2.45) is 11.7 Å². The number of rotatable bonds is 3. The highest BCUT2D eigenvalue weighted by Gasteiger charge is 2.41. The van der Waals surface area contributed by atoms with E-state index < -0.39 is 11.1 Å². The van der Waals surface area contributed by atoms with E-state index >= 15 is 0 Å². The molecule has 2 N–H and O–H groups in total. The third-order valence-corrected chi connectivity index (χ3v) is 5.12. The fourth-order valence-corrected chi connectivity index (χ4v) is 3.41. The quantitative estimate of drug-likeness (QED) is 0.921. The van der Waals surface area contributed by atoms with Crippen molar-refractivity contribution < 1.29 is 9.26 Å². The smallest absolute Gasteiger partial charge is 0.258 e. The first-order valence-electron chi connectivity index (χ1n) is 7.83. The van der Waals surface area contributed by atoms with Gasteiger partial charge < -0.3 is 15.0 Å². The van der Waals surface area contributed by atoms with Crippen molar-refractivity contribution in [2.45, 2.75) is 69.9 Å². The van der Waals surface area contributed by atoms with Gasteiger partial charge in [0.15, 0.2) is 5.82 Å². The lowest BCUT2D eigenvalue weighted by molar-refractivity contribution is -0.00937. The van der Waals surface area contributed by atoms with E-state index in [0.29, 0.717) is 11.7 Å². The third-order valence-electron chi connectivity index (χ3n) is 5.12. The molecule has 1 saturated heterocycles. The van der Waals surface area contributed by atoms with Crippen molar-refractivity contribution >= 4 is 0 Å². The number of nitrogens with zero attached hydrogens (tertiary/aromatic N) is 2. The summed E-state index contributed by atoms with van der Waals surface area (Å²) in [5.74, 6) is 2.06. The second-order valence-corrected chi connectivity index (χ2v) is 6.61. The zero-order chi connectivity index (χ0) is 14.2. The molecule has 2 aliphatic rings. The number of nitrogens with two attached hydrogens (primary N) is 1. The SMILES string of the molecule is CCC1CCC(N)(c2noc(C3(C)CCCO3)n2)CC1. The van der Waals surface area contributed by atoms with Crippen LogP contribution in [0.2, 0.25) is 0 Å². The largest absolute Gasteiger partial charge is 0.365 e. The fourth-order valence-electron chi connectivity index (χ4n) is 3.41. The second kappa shape index (κ2) is 5.11. The van der Waals surface area contributed by atoms with E-state index in [4.69, 9.17) is 15.0 Å². The van der Waals surface area contributed by atoms with Gasteiger partial charge in [0, 0.05) is 6.61 Å². The minimum Gasteiger partial charge on any atom is -0.365 e. The van der Waals surface area contributed by atoms with E-state index in [1.807, 2.05) is 6.92 Å². The standard InChI is InChI=1S/C15H25N3O2/c1-3-11-5-8-15(16,9-6-11)12-17-13(20-18-12)14(2)7-4-10-19-14/h11H,3-10,16H2,1-2H3. The van der Waals surface area contributed by atoms with Crippen LogP contribution >= 0.6 is 0 Å². The minimum atomic E-state index is -0.414. The Labute approximate surface area is 120 Å². The number of hydrogen-bond donors (Lipinski definition) is 1. The molecule has 0 spiro atoms. The highest BCUT2D eigenvalue weighted by atomic mass is 16.5. The lowest BCUT2D eigenvalue weighted by atomic mass is 9.76. The summed E-state index contributed by atoms with van der Waals surface area (Å²) in [6.07, 6.45) is 7.42. The van der Waals surface area contributed by atoms with Crippen LogP contribution in [0.1, 0.15) is 70.5 Å². The molecule has 0 bridgehead atoms. The lowest BCUT2D eigenvalue weighted by Gasteiger charge is -2.34. The molecule has 1 aromatic heterocycles. The first-order chi connectivity index (χ1) is 9.56. The van der Waals surface area contributed by atoms with Crippen molar-refractivity contribution in [3.05, 3.63) is 11.7 Å². The Balaban J connectivity index is 1.76. The van der Waals surface area contributed by atoms with Gasteiger partial charge in [0.05, 0.1) is 5.54 Å². The van der Waals surface area contributed by atoms with Crippen LogP contribution in [0.3, 0.4) is 0 Å². The number of aromatic nitrogens is 2. The molecule has 1 aromatic rings. The van der Waals surface area contributed by atoms with Crippen LogP contribution in [0.15, 0.2) is 4.52 Å². The monoisotopic (exact) mass is 279 g/mol. The van der Waals surface area contributed by atoms with Crippen molar-refractivity contribution in [3.8, 4) is 0 Å². The molecule has 1 aliphatic heterocycles. The Bertz CT molecular complexity index is 457. The van der Waals surface area contributed by atoms with Gasteiger partial charge >= 0.3 is 0 Å². The minimum absolute atomic E-state index is 0.414. The van der Waals surface area contributed by atoms with Crippen LogP contribution in [0, 0.1) is 5.92 Å². The molecule has 2 fully saturated rings. The fraction of sp³-hybridized carbons (Fsp3) is 0.867. The summed E-state index contributed by atoms with van der Waals surface area (Å²) in [7, 11) is 0. The van der Waals surface area contributed by atoms with Crippen LogP contribution in [0.25, 0.3) is 0 Å². The van der Waals surface area contributed by atoms with Crippen molar-refractivity contribution in [1.29, 1.82) is 0 Å². The third kappa shape index (κ3) is 2.37. The van der Waals surface area contributed by atoms with Gasteiger partial charge in [-0.2, -0.15) is 4.98 Å². The van der Waals surface area contributed by atoms with E-state index in [2.05, 4.69) is 17.1 Å². The van der Waals surface area contributed by atoms with Gasteiger partial charge in [0.25, 0.3) is 5.89 Å². The van der Waals surface area contributed by atoms with Gasteiger partial charge in [-0.05, 0) is 51.4 Å². The van der Waals surface area contributed by atoms with Gasteiger partial charge in [-0.3, -0.25) is 0 Å². The van der Waals surface area contributed by atoms with Crippen molar-refractivity contribution in [1.82, 2.24) is 10.1 Å². The summed E-state index contributed by atoms with van der Waals surface area (Å²) in [6, 6.07) is 0. The lowest BCUT2D eigenvalue weighted by Crippen LogP contribution is -2.41. The molecular weight excluding hydrogens is 254 g/mol. The first-order valence-corrected chi connectivity index (χ1v) is 7.83. The summed E-state index contributed by atoms with van der Waals surface area (Å²) < 4.78 is 11.2. The highest BCUT2D eigenvalue weighted by Crippen LogP contribution is 2.39. The molecule has 0 amide bonds. The Morgan fingerprint density at radius 1 is 1.30 bits per heavy atom. The zero-order valence-electron chi connectivity index (χ0n) is 12.5. The van der Waals surface area contributed by atoms with Crippen LogP contribution in [-0.2, 0) is 15.9 Å². The molecule has 1 unspecified atom stereocenters. The maximum absolute atomic E-state index is 6.53. The molecule has 0 aromatic carbocycles. The Hall–Kier alpha value is -0.940. The van der Waals surface area contributed by atoms with Crippen LogP contribution in [-0.4, -0.2) is 16.7 Å². The van der Waals surface area contributed by atoms with Crippen molar-refractivity contribution in [2.75, 3.05) is 6.61 Å². The topological polar surface area (TPSA) is 74.2 Å². The molecule has 112 valence electrons. The van der Waals surface area contributed by atoms with Gasteiger partial charge in [-0.25, -0.2) is 0 Å². The van der Waals surface area contributed by atoms with Crippen molar-refractivity contribution in [3.63, 3.8) is 0 Å². The van der Waals surface area contributed by atoms with E-state index in [1.165, 1.54) is 6.42 Å². The summed E-state index contributed by atoms with van der Waals surface area (Å²) >= 11 is 0. The molecular formula is C15H25N3O2. The van der Waals surface area contributed by atoms with Gasteiger partial charge in [-0.1, -0.05) is 18.5 Å². The maximum Gasteiger partial charge on any atom is 0.258 e. The van der Waals surface area contributed by atoms with Gasteiger partial charge in [-0.15, -0.1) is 0 Å². The van der Waals surface area contributed by atoms with Crippen LogP contribution in [0.4, 0.5) is 0 Å². The van der Waals surface area contributed by atoms with E-state index in [1.54, 1.807) is 0 Å². The Morgan fingerprint density at radius 3 is 2.65 bits per heavy atom. The predicted octanol–water partition coefficient (Wildman–Crippen LogP) is 2.85. The summed E-state index contributed by atoms with van der Waals surface area (Å²) in [5, 5.41) is 4.16. The first kappa shape index (κ1) is 14.0. The van der Waals surface area contributed by atoms with E-state index in [9.17, 15) is 0 Å². The average molecular weight is 279 g/mol. The molecule has 1 aliphatic carbocycles. The maximum atomic E-state index is 6.53. The second-order valence-electron chi connectivity index (χ2n) is 6.61. The van der Waals surface area contributed by atoms with Gasteiger partial charge in [0.1, 0.15) is 5.60 Å². The molecule has 5 heteroatoms. The molecule has 0 radical (unpaired) electrons. The molecule has 1 atom stereocenters. The van der Waals surface area contributed by atoms with Crippen LogP contribution in [0.5, 0.6) is 0 Å².